The molecule has 2 heterocycles. The van der Waals surface area contributed by atoms with Gasteiger partial charge in [-0.15, -0.1) is 0 Å². The standard InChI is InChI=1S/C15H13NO2/c17-13(10-5-6-10)15-14(18-15)12-8-7-9-3-1-2-4-11(9)16-12/h1-4,7-8,10,14-15H,5-6H2/t14-,15-/m0/s1. The van der Waals surface area contributed by atoms with Gasteiger partial charge >= 0.3 is 0 Å². The van der Waals surface area contributed by atoms with Crippen LogP contribution in [0.1, 0.15) is 24.6 Å². The highest BCUT2D eigenvalue weighted by Crippen LogP contribution is 2.44. The maximum Gasteiger partial charge on any atom is 0.167 e. The number of fused-ring (bicyclic) bond motifs is 1. The molecule has 3 heteroatoms. The van der Waals surface area contributed by atoms with Gasteiger partial charge in [-0.3, -0.25) is 4.79 Å². The van der Waals surface area contributed by atoms with Crippen molar-refractivity contribution in [2.24, 2.45) is 5.92 Å². The third-order valence-corrected chi connectivity index (χ3v) is 3.66. The third kappa shape index (κ3) is 1.63. The maximum atomic E-state index is 11.9. The number of carbonyl (C=O) groups excluding carboxylic acids is 1. The van der Waals surface area contributed by atoms with Crippen LogP contribution in [0.15, 0.2) is 36.4 Å². The van der Waals surface area contributed by atoms with Crippen LogP contribution in [0.5, 0.6) is 0 Å². The number of epoxide rings is 1. The quantitative estimate of drug-likeness (QED) is 0.773. The molecule has 2 aromatic rings. The van der Waals surface area contributed by atoms with E-state index < -0.39 is 0 Å². The molecule has 0 radical (unpaired) electrons. The molecule has 1 aromatic carbocycles. The Labute approximate surface area is 105 Å². The van der Waals surface area contributed by atoms with E-state index in [1.807, 2.05) is 36.4 Å². The molecule has 90 valence electrons. The Bertz CT molecular complexity index is 633. The Morgan fingerprint density at radius 1 is 1.17 bits per heavy atom. The number of para-hydroxylation sites is 1. The lowest BCUT2D eigenvalue weighted by Gasteiger charge is -1.99. The fourth-order valence-corrected chi connectivity index (χ4v) is 2.39. The van der Waals surface area contributed by atoms with Crippen molar-refractivity contribution in [3.8, 4) is 0 Å². The minimum Gasteiger partial charge on any atom is -0.354 e. The molecule has 2 atom stereocenters. The van der Waals surface area contributed by atoms with E-state index in [0.717, 1.165) is 29.4 Å². The summed E-state index contributed by atoms with van der Waals surface area (Å²) in [6, 6.07) is 12.0. The van der Waals surface area contributed by atoms with Crippen molar-refractivity contribution in [2.75, 3.05) is 0 Å². The van der Waals surface area contributed by atoms with E-state index in [2.05, 4.69) is 4.98 Å². The van der Waals surface area contributed by atoms with Crippen LogP contribution >= 0.6 is 0 Å². The topological polar surface area (TPSA) is 42.5 Å². The summed E-state index contributed by atoms with van der Waals surface area (Å²) < 4.78 is 5.50. The van der Waals surface area contributed by atoms with Gasteiger partial charge in [-0.05, 0) is 25.0 Å². The third-order valence-electron chi connectivity index (χ3n) is 3.66. The summed E-state index contributed by atoms with van der Waals surface area (Å²) in [7, 11) is 0. The van der Waals surface area contributed by atoms with Crippen LogP contribution in [0.25, 0.3) is 10.9 Å². The number of ketones is 1. The summed E-state index contributed by atoms with van der Waals surface area (Å²) in [6.45, 7) is 0. The molecule has 1 aliphatic carbocycles. The number of benzene rings is 1. The number of ether oxygens (including phenoxy) is 1. The van der Waals surface area contributed by atoms with E-state index >= 15 is 0 Å². The van der Waals surface area contributed by atoms with Crippen molar-refractivity contribution in [1.82, 2.24) is 4.98 Å². The number of Topliss-reactive ketones (excluding diaryl/α,β-unsaturated/α-hetero) is 1. The largest absolute Gasteiger partial charge is 0.354 e. The van der Waals surface area contributed by atoms with Crippen molar-refractivity contribution in [1.29, 1.82) is 0 Å². The molecule has 0 N–H and O–H groups in total. The lowest BCUT2D eigenvalue weighted by Crippen LogP contribution is -2.09. The highest BCUT2D eigenvalue weighted by Gasteiger charge is 2.51. The van der Waals surface area contributed by atoms with Crippen molar-refractivity contribution < 1.29 is 9.53 Å². The molecule has 0 unspecified atom stereocenters. The van der Waals surface area contributed by atoms with E-state index in [-0.39, 0.29) is 23.9 Å². The molecule has 3 nitrogen and oxygen atoms in total. The first kappa shape index (κ1) is 10.2. The molecule has 0 bridgehead atoms. The zero-order chi connectivity index (χ0) is 12.1. The van der Waals surface area contributed by atoms with Gasteiger partial charge in [-0.2, -0.15) is 0 Å². The lowest BCUT2D eigenvalue weighted by molar-refractivity contribution is -0.121. The van der Waals surface area contributed by atoms with Gasteiger partial charge in [-0.25, -0.2) is 4.98 Å². The number of pyridine rings is 1. The highest BCUT2D eigenvalue weighted by molar-refractivity contribution is 5.90. The highest BCUT2D eigenvalue weighted by atomic mass is 16.6. The van der Waals surface area contributed by atoms with Gasteiger partial charge in [0.05, 0.1) is 11.2 Å². The van der Waals surface area contributed by atoms with Gasteiger partial charge in [-0.1, -0.05) is 24.3 Å². The molecule has 0 amide bonds. The zero-order valence-electron chi connectivity index (χ0n) is 9.87. The summed E-state index contributed by atoms with van der Waals surface area (Å²) in [6.07, 6.45) is 1.74. The summed E-state index contributed by atoms with van der Waals surface area (Å²) in [5.41, 5.74) is 1.84. The van der Waals surface area contributed by atoms with Gasteiger partial charge in [0.1, 0.15) is 12.2 Å². The number of carbonyl (C=O) groups is 1. The van der Waals surface area contributed by atoms with Crippen molar-refractivity contribution in [2.45, 2.75) is 25.0 Å². The molecule has 2 aliphatic rings. The second-order valence-corrected chi connectivity index (χ2v) is 5.08. The molecule has 1 aromatic heterocycles. The van der Waals surface area contributed by atoms with Crippen LogP contribution in [0, 0.1) is 5.92 Å². The SMILES string of the molecule is O=C(C1CC1)[C@@H]1O[C@H]1c1ccc2ccccc2n1. The summed E-state index contributed by atoms with van der Waals surface area (Å²) in [4.78, 5) is 16.4. The van der Waals surface area contributed by atoms with Crippen LogP contribution in [-0.4, -0.2) is 16.9 Å². The number of aromatic nitrogens is 1. The van der Waals surface area contributed by atoms with E-state index in [1.54, 1.807) is 0 Å². The molecule has 1 saturated heterocycles. The average Bonchev–Trinajstić information content (AvgIpc) is 3.30. The Morgan fingerprint density at radius 3 is 2.83 bits per heavy atom. The van der Waals surface area contributed by atoms with Crippen LogP contribution in [0.3, 0.4) is 0 Å². The predicted molar refractivity (Wildman–Crippen MR) is 67.1 cm³/mol. The minimum atomic E-state index is -0.230. The van der Waals surface area contributed by atoms with Crippen LogP contribution in [0.4, 0.5) is 0 Å². The number of rotatable bonds is 3. The molecule has 1 aliphatic heterocycles. The van der Waals surface area contributed by atoms with Crippen LogP contribution in [0.2, 0.25) is 0 Å². The van der Waals surface area contributed by atoms with Crippen molar-refractivity contribution in [3.63, 3.8) is 0 Å². The minimum absolute atomic E-state index is 0.109. The maximum absolute atomic E-state index is 11.9. The second-order valence-electron chi connectivity index (χ2n) is 5.08. The lowest BCUT2D eigenvalue weighted by atomic mass is 10.1. The molecule has 4 rings (SSSR count). The average molecular weight is 239 g/mol. The first-order valence-electron chi connectivity index (χ1n) is 6.38. The van der Waals surface area contributed by atoms with E-state index in [4.69, 9.17) is 4.74 Å². The van der Waals surface area contributed by atoms with Gasteiger partial charge in [0.25, 0.3) is 0 Å². The van der Waals surface area contributed by atoms with E-state index in [1.165, 1.54) is 0 Å². The Balaban J connectivity index is 1.62. The van der Waals surface area contributed by atoms with Gasteiger partial charge < -0.3 is 4.74 Å². The Morgan fingerprint density at radius 2 is 2.00 bits per heavy atom. The summed E-state index contributed by atoms with van der Waals surface area (Å²) in [5.74, 6) is 0.537. The van der Waals surface area contributed by atoms with Crippen LogP contribution < -0.4 is 0 Å². The number of nitrogens with zero attached hydrogens (tertiary/aromatic N) is 1. The smallest absolute Gasteiger partial charge is 0.167 e. The predicted octanol–water partition coefficient (Wildman–Crippen LogP) is 2.65. The monoisotopic (exact) mass is 239 g/mol. The van der Waals surface area contributed by atoms with Gasteiger partial charge in [0.15, 0.2) is 5.78 Å². The van der Waals surface area contributed by atoms with E-state index in [0.29, 0.717) is 0 Å². The molecule has 18 heavy (non-hydrogen) atoms. The summed E-state index contributed by atoms with van der Waals surface area (Å²) in [5, 5.41) is 1.12. The molecule has 1 saturated carbocycles. The second kappa shape index (κ2) is 3.62. The van der Waals surface area contributed by atoms with Crippen LogP contribution in [-0.2, 0) is 9.53 Å². The van der Waals surface area contributed by atoms with Crippen molar-refractivity contribution >= 4 is 16.7 Å². The van der Waals surface area contributed by atoms with E-state index in [9.17, 15) is 4.79 Å². The molecule has 2 fully saturated rings. The van der Waals surface area contributed by atoms with Crippen molar-refractivity contribution in [3.05, 3.63) is 42.1 Å². The number of hydrogen-bond donors (Lipinski definition) is 0. The first-order chi connectivity index (χ1) is 8.83. The van der Waals surface area contributed by atoms with Gasteiger partial charge in [0, 0.05) is 11.3 Å². The molecule has 0 spiro atoms. The first-order valence-corrected chi connectivity index (χ1v) is 6.38. The zero-order valence-corrected chi connectivity index (χ0v) is 9.87. The van der Waals surface area contributed by atoms with Gasteiger partial charge in [0.2, 0.25) is 0 Å². The fourth-order valence-electron chi connectivity index (χ4n) is 2.39. The Kier molecular flexibility index (Phi) is 2.06. The molecular formula is C15H13NO2. The fraction of sp³-hybridized carbons (Fsp3) is 0.333. The molecular weight excluding hydrogens is 226 g/mol. The number of hydrogen-bond acceptors (Lipinski definition) is 3. The summed E-state index contributed by atoms with van der Waals surface area (Å²) >= 11 is 0. The Hall–Kier alpha value is -1.74. The normalized spacial score (nSPS) is 26.2.